The van der Waals surface area contributed by atoms with Crippen molar-refractivity contribution in [1.82, 2.24) is 14.6 Å². The third-order valence-electron chi connectivity index (χ3n) is 4.81. The third-order valence-corrected chi connectivity index (χ3v) is 4.81. The Morgan fingerprint density at radius 2 is 1.87 bits per heavy atom. The van der Waals surface area contributed by atoms with E-state index in [0.29, 0.717) is 22.5 Å². The van der Waals surface area contributed by atoms with E-state index in [9.17, 15) is 23.1 Å². The zero-order valence-corrected chi connectivity index (χ0v) is 16.2. The lowest BCUT2D eigenvalue weighted by molar-refractivity contribution is -0.137. The van der Waals surface area contributed by atoms with E-state index in [-0.39, 0.29) is 23.4 Å². The number of ether oxygens (including phenoxy) is 1. The molecule has 0 radical (unpaired) electrons. The van der Waals surface area contributed by atoms with Crippen molar-refractivity contribution in [3.05, 3.63) is 83.3 Å². The van der Waals surface area contributed by atoms with Gasteiger partial charge in [-0.05, 0) is 30.3 Å². The van der Waals surface area contributed by atoms with E-state index in [1.165, 1.54) is 35.9 Å². The third kappa shape index (κ3) is 3.94. The molecule has 0 aliphatic heterocycles. The highest BCUT2D eigenvalue weighted by atomic mass is 19.4. The van der Waals surface area contributed by atoms with Crippen molar-refractivity contribution in [3.63, 3.8) is 0 Å². The summed E-state index contributed by atoms with van der Waals surface area (Å²) in [5.41, 5.74) is 0.582. The second-order valence-electron chi connectivity index (χ2n) is 6.77. The average molecular weight is 427 g/mol. The largest absolute Gasteiger partial charge is 0.495 e. The van der Waals surface area contributed by atoms with E-state index in [0.717, 1.165) is 6.07 Å². The Morgan fingerprint density at radius 1 is 1.10 bits per heavy atom. The molecule has 0 fully saturated rings. The van der Waals surface area contributed by atoms with Crippen molar-refractivity contribution >= 4 is 11.5 Å². The fraction of sp³-hybridized carbons (Fsp3) is 0.136. The predicted octanol–water partition coefficient (Wildman–Crippen LogP) is 4.71. The molecule has 0 saturated carbocycles. The van der Waals surface area contributed by atoms with Crippen molar-refractivity contribution in [2.75, 3.05) is 7.11 Å². The van der Waals surface area contributed by atoms with Gasteiger partial charge in [0, 0.05) is 23.2 Å². The molecule has 0 amide bonds. The number of halogens is 3. The normalized spacial score (nSPS) is 11.6. The molecule has 0 aliphatic carbocycles. The summed E-state index contributed by atoms with van der Waals surface area (Å²) in [6.45, 7) is 0. The molecule has 0 unspecified atom stereocenters. The maximum Gasteiger partial charge on any atom is 0.417 e. The van der Waals surface area contributed by atoms with Gasteiger partial charge in [0.1, 0.15) is 11.4 Å². The predicted molar refractivity (Wildman–Crippen MR) is 106 cm³/mol. The zero-order chi connectivity index (χ0) is 22.2. The maximum atomic E-state index is 13.7. The van der Waals surface area contributed by atoms with E-state index >= 15 is 0 Å². The smallest absolute Gasteiger partial charge is 0.417 e. The molecule has 158 valence electrons. The summed E-state index contributed by atoms with van der Waals surface area (Å²) >= 11 is 0. The number of benzene rings is 1. The quantitative estimate of drug-likeness (QED) is 0.499. The standard InChI is InChI=1S/C22H16F3N3O3/c1-31-14-9-10-19-16(11-13-5-4-8-18(26-13)21(29)30)20(27-28(19)12-14)15-6-2-3-7-17(15)22(23,24)25/h2-10,12H,11H2,1H3,(H,29,30). The first kappa shape index (κ1) is 20.4. The molecule has 3 aromatic heterocycles. The van der Waals surface area contributed by atoms with Crippen LogP contribution in [0.5, 0.6) is 5.75 Å². The minimum absolute atomic E-state index is 0.0675. The first-order valence-corrected chi connectivity index (χ1v) is 9.19. The molecule has 31 heavy (non-hydrogen) atoms. The molecular weight excluding hydrogens is 411 g/mol. The second-order valence-corrected chi connectivity index (χ2v) is 6.77. The van der Waals surface area contributed by atoms with Gasteiger partial charge in [-0.25, -0.2) is 14.3 Å². The van der Waals surface area contributed by atoms with Crippen LogP contribution in [0.1, 0.15) is 27.3 Å². The van der Waals surface area contributed by atoms with Crippen LogP contribution in [0, 0.1) is 0 Å². The molecule has 0 saturated heterocycles. The lowest BCUT2D eigenvalue weighted by Gasteiger charge is -2.12. The second kappa shape index (κ2) is 7.75. The molecule has 4 rings (SSSR count). The van der Waals surface area contributed by atoms with E-state index in [1.54, 1.807) is 30.5 Å². The Bertz CT molecular complexity index is 1280. The fourth-order valence-electron chi connectivity index (χ4n) is 3.41. The number of hydrogen-bond acceptors (Lipinski definition) is 4. The number of methoxy groups -OCH3 is 1. The minimum atomic E-state index is -4.57. The van der Waals surface area contributed by atoms with Gasteiger partial charge in [0.25, 0.3) is 0 Å². The number of pyridine rings is 2. The Balaban J connectivity index is 1.94. The Hall–Kier alpha value is -3.88. The topological polar surface area (TPSA) is 76.7 Å². The SMILES string of the molecule is COc1ccc2c(Cc3cccc(C(=O)O)n3)c(-c3ccccc3C(F)(F)F)nn2c1. The van der Waals surface area contributed by atoms with Gasteiger partial charge < -0.3 is 9.84 Å². The Labute approximate surface area is 174 Å². The van der Waals surface area contributed by atoms with Gasteiger partial charge >= 0.3 is 12.1 Å². The molecule has 4 aromatic rings. The molecular formula is C22H16F3N3O3. The maximum absolute atomic E-state index is 13.7. The van der Waals surface area contributed by atoms with E-state index in [4.69, 9.17) is 4.74 Å². The molecule has 0 aliphatic rings. The molecule has 6 nitrogen and oxygen atoms in total. The summed E-state index contributed by atoms with van der Waals surface area (Å²) in [6, 6.07) is 13.1. The lowest BCUT2D eigenvalue weighted by atomic mass is 9.98. The number of aromatic nitrogens is 3. The molecule has 0 bridgehead atoms. The van der Waals surface area contributed by atoms with E-state index in [1.807, 2.05) is 0 Å². The van der Waals surface area contributed by atoms with Crippen molar-refractivity contribution in [3.8, 4) is 17.0 Å². The van der Waals surface area contributed by atoms with Gasteiger partial charge in [0.2, 0.25) is 0 Å². The molecule has 1 N–H and O–H groups in total. The van der Waals surface area contributed by atoms with E-state index < -0.39 is 17.7 Å². The van der Waals surface area contributed by atoms with Crippen LogP contribution in [0.25, 0.3) is 16.8 Å². The zero-order valence-electron chi connectivity index (χ0n) is 16.2. The average Bonchev–Trinajstić information content (AvgIpc) is 3.10. The highest BCUT2D eigenvalue weighted by molar-refractivity contribution is 5.85. The van der Waals surface area contributed by atoms with Crippen molar-refractivity contribution in [2.24, 2.45) is 0 Å². The Kier molecular flexibility index (Phi) is 5.10. The van der Waals surface area contributed by atoms with Crippen molar-refractivity contribution < 1.29 is 27.8 Å². The van der Waals surface area contributed by atoms with Crippen LogP contribution in [0.3, 0.4) is 0 Å². The molecule has 3 heterocycles. The summed E-state index contributed by atoms with van der Waals surface area (Å²) in [5, 5.41) is 13.6. The van der Waals surface area contributed by atoms with Crippen LogP contribution in [0.15, 0.2) is 60.8 Å². The number of rotatable bonds is 5. The minimum Gasteiger partial charge on any atom is -0.495 e. The van der Waals surface area contributed by atoms with Crippen LogP contribution in [-0.2, 0) is 12.6 Å². The van der Waals surface area contributed by atoms with Gasteiger partial charge in [0.15, 0.2) is 0 Å². The highest BCUT2D eigenvalue weighted by Gasteiger charge is 2.34. The number of carboxylic acid groups (broad SMARTS) is 1. The van der Waals surface area contributed by atoms with Crippen LogP contribution >= 0.6 is 0 Å². The molecule has 9 heteroatoms. The summed E-state index contributed by atoms with van der Waals surface area (Å²) in [4.78, 5) is 15.4. The number of alkyl halides is 3. The summed E-state index contributed by atoms with van der Waals surface area (Å²) in [5.74, 6) is -0.697. The summed E-state index contributed by atoms with van der Waals surface area (Å²) in [6.07, 6.45) is -2.90. The van der Waals surface area contributed by atoms with Crippen LogP contribution in [0.2, 0.25) is 0 Å². The van der Waals surface area contributed by atoms with E-state index in [2.05, 4.69) is 10.1 Å². The van der Waals surface area contributed by atoms with Crippen LogP contribution in [-0.4, -0.2) is 32.8 Å². The Morgan fingerprint density at radius 3 is 2.58 bits per heavy atom. The summed E-state index contributed by atoms with van der Waals surface area (Å²) < 4.78 is 47.7. The lowest BCUT2D eigenvalue weighted by Crippen LogP contribution is -2.08. The highest BCUT2D eigenvalue weighted by Crippen LogP contribution is 2.39. The number of nitrogens with zero attached hydrogens (tertiary/aromatic N) is 3. The van der Waals surface area contributed by atoms with Crippen molar-refractivity contribution in [2.45, 2.75) is 12.6 Å². The number of hydrogen-bond donors (Lipinski definition) is 1. The van der Waals surface area contributed by atoms with Crippen LogP contribution in [0.4, 0.5) is 13.2 Å². The first-order valence-electron chi connectivity index (χ1n) is 9.19. The number of aromatic carboxylic acids is 1. The summed E-state index contributed by atoms with van der Waals surface area (Å²) in [7, 11) is 1.48. The molecule has 1 aromatic carbocycles. The van der Waals surface area contributed by atoms with Crippen molar-refractivity contribution in [1.29, 1.82) is 0 Å². The van der Waals surface area contributed by atoms with Gasteiger partial charge in [0.05, 0.1) is 30.1 Å². The number of fused-ring (bicyclic) bond motifs is 1. The molecule has 0 spiro atoms. The number of carbonyl (C=O) groups is 1. The van der Waals surface area contributed by atoms with Crippen LogP contribution < -0.4 is 4.74 Å². The fourth-order valence-corrected chi connectivity index (χ4v) is 3.41. The monoisotopic (exact) mass is 427 g/mol. The molecule has 0 atom stereocenters. The first-order chi connectivity index (χ1) is 14.8. The number of carboxylic acids is 1. The van der Waals surface area contributed by atoms with Gasteiger partial charge in [-0.15, -0.1) is 0 Å². The van der Waals surface area contributed by atoms with Gasteiger partial charge in [-0.3, -0.25) is 0 Å². The van der Waals surface area contributed by atoms with Gasteiger partial charge in [-0.2, -0.15) is 18.3 Å². The van der Waals surface area contributed by atoms with Gasteiger partial charge in [-0.1, -0.05) is 24.3 Å².